The Morgan fingerprint density at radius 2 is 2.00 bits per heavy atom. The lowest BCUT2D eigenvalue weighted by Crippen LogP contribution is -2.39. The number of ether oxygens (including phenoxy) is 3. The van der Waals surface area contributed by atoms with Crippen LogP contribution in [-0.2, 0) is 14.3 Å². The number of rotatable bonds is 10. The third-order valence-electron chi connectivity index (χ3n) is 4.16. The van der Waals surface area contributed by atoms with Crippen LogP contribution in [-0.4, -0.2) is 62.5 Å². The molecule has 1 aromatic carbocycles. The molecule has 3 amide bonds. The summed E-state index contributed by atoms with van der Waals surface area (Å²) in [5.41, 5.74) is 1.61. The SMILES string of the molecule is CCOc1cc(/C=C2\SC(=O)N(CC(=O)NCCCOC)C2=O)c(C)cc1OC. The standard InChI is InChI=1S/C20H26N2O6S/c1-5-28-16-10-14(13(2)9-15(16)27-4)11-17-19(24)22(20(25)29-17)12-18(23)21-7-6-8-26-3/h9-11H,5-8,12H2,1-4H3,(H,21,23)/b17-11-. The summed E-state index contributed by atoms with van der Waals surface area (Å²) in [7, 11) is 3.14. The van der Waals surface area contributed by atoms with Gasteiger partial charge in [0.1, 0.15) is 6.54 Å². The van der Waals surface area contributed by atoms with E-state index in [4.69, 9.17) is 14.2 Å². The van der Waals surface area contributed by atoms with Gasteiger partial charge in [0, 0.05) is 20.3 Å². The van der Waals surface area contributed by atoms with Crippen LogP contribution < -0.4 is 14.8 Å². The fourth-order valence-corrected chi connectivity index (χ4v) is 3.51. The minimum atomic E-state index is -0.486. The van der Waals surface area contributed by atoms with Crippen molar-refractivity contribution in [2.24, 2.45) is 0 Å². The molecule has 29 heavy (non-hydrogen) atoms. The lowest BCUT2D eigenvalue weighted by Gasteiger charge is -2.13. The molecular weight excluding hydrogens is 396 g/mol. The number of benzene rings is 1. The van der Waals surface area contributed by atoms with Crippen LogP contribution in [0.15, 0.2) is 17.0 Å². The van der Waals surface area contributed by atoms with Crippen molar-refractivity contribution in [1.29, 1.82) is 0 Å². The quantitative estimate of drug-likeness (QED) is 0.457. The minimum absolute atomic E-state index is 0.262. The van der Waals surface area contributed by atoms with Crippen LogP contribution >= 0.6 is 11.8 Å². The Bertz CT molecular complexity index is 808. The Kier molecular flexibility index (Phi) is 8.53. The van der Waals surface area contributed by atoms with Gasteiger partial charge in [-0.15, -0.1) is 0 Å². The molecule has 0 unspecified atom stereocenters. The number of nitrogens with zero attached hydrogens (tertiary/aromatic N) is 1. The first-order valence-corrected chi connectivity index (χ1v) is 10.0. The number of methoxy groups -OCH3 is 2. The van der Waals surface area contributed by atoms with Crippen LogP contribution in [0, 0.1) is 6.92 Å². The van der Waals surface area contributed by atoms with E-state index in [2.05, 4.69) is 5.32 Å². The Hall–Kier alpha value is -2.52. The molecule has 2 rings (SSSR count). The highest BCUT2D eigenvalue weighted by Gasteiger charge is 2.36. The maximum absolute atomic E-state index is 12.6. The largest absolute Gasteiger partial charge is 0.493 e. The molecule has 8 nitrogen and oxygen atoms in total. The third kappa shape index (κ3) is 5.98. The molecule has 0 radical (unpaired) electrons. The minimum Gasteiger partial charge on any atom is -0.493 e. The van der Waals surface area contributed by atoms with E-state index >= 15 is 0 Å². The van der Waals surface area contributed by atoms with Gasteiger partial charge >= 0.3 is 0 Å². The van der Waals surface area contributed by atoms with Crippen LogP contribution in [0.2, 0.25) is 0 Å². The van der Waals surface area contributed by atoms with Crippen molar-refractivity contribution in [2.45, 2.75) is 20.3 Å². The number of imide groups is 1. The van der Waals surface area contributed by atoms with Gasteiger partial charge in [-0.05, 0) is 61.4 Å². The van der Waals surface area contributed by atoms with E-state index in [9.17, 15) is 14.4 Å². The Morgan fingerprint density at radius 3 is 2.66 bits per heavy atom. The summed E-state index contributed by atoms with van der Waals surface area (Å²) >= 11 is 0.815. The number of amides is 3. The molecule has 1 fully saturated rings. The average molecular weight is 423 g/mol. The first-order valence-electron chi connectivity index (χ1n) is 9.23. The fraction of sp³-hybridized carbons (Fsp3) is 0.450. The number of carbonyl (C=O) groups excluding carboxylic acids is 3. The maximum atomic E-state index is 12.6. The van der Waals surface area contributed by atoms with Gasteiger partial charge in [-0.1, -0.05) is 0 Å². The molecule has 158 valence electrons. The summed E-state index contributed by atoms with van der Waals surface area (Å²) in [5, 5.41) is 2.20. The highest BCUT2D eigenvalue weighted by molar-refractivity contribution is 8.18. The van der Waals surface area contributed by atoms with Gasteiger partial charge < -0.3 is 19.5 Å². The zero-order valence-electron chi connectivity index (χ0n) is 17.1. The third-order valence-corrected chi connectivity index (χ3v) is 5.07. The van der Waals surface area contributed by atoms with E-state index in [1.165, 1.54) is 0 Å². The molecule has 0 aliphatic carbocycles. The van der Waals surface area contributed by atoms with E-state index in [1.54, 1.807) is 26.4 Å². The monoisotopic (exact) mass is 422 g/mol. The molecule has 0 aromatic heterocycles. The number of aryl methyl sites for hydroxylation is 1. The van der Waals surface area contributed by atoms with E-state index < -0.39 is 11.1 Å². The summed E-state index contributed by atoms with van der Waals surface area (Å²) in [6, 6.07) is 3.59. The van der Waals surface area contributed by atoms with Crippen molar-refractivity contribution in [3.8, 4) is 11.5 Å². The maximum Gasteiger partial charge on any atom is 0.294 e. The van der Waals surface area contributed by atoms with E-state index in [-0.39, 0.29) is 17.4 Å². The van der Waals surface area contributed by atoms with Gasteiger partial charge in [0.15, 0.2) is 11.5 Å². The molecule has 0 spiro atoms. The predicted octanol–water partition coefficient (Wildman–Crippen LogP) is 2.59. The summed E-state index contributed by atoms with van der Waals surface area (Å²) in [5.74, 6) is 0.283. The lowest BCUT2D eigenvalue weighted by molar-refractivity contribution is -0.129. The highest BCUT2D eigenvalue weighted by atomic mass is 32.2. The molecule has 1 aliphatic heterocycles. The second-order valence-electron chi connectivity index (χ2n) is 6.26. The van der Waals surface area contributed by atoms with Crippen molar-refractivity contribution < 1.29 is 28.6 Å². The number of nitrogens with one attached hydrogen (secondary N) is 1. The van der Waals surface area contributed by atoms with Crippen LogP contribution in [0.25, 0.3) is 6.08 Å². The molecular formula is C20H26N2O6S. The molecule has 1 N–H and O–H groups in total. The van der Waals surface area contributed by atoms with Gasteiger partial charge in [0.25, 0.3) is 11.1 Å². The fourth-order valence-electron chi connectivity index (χ4n) is 2.68. The number of hydrogen-bond donors (Lipinski definition) is 1. The van der Waals surface area contributed by atoms with Crippen molar-refractivity contribution in [1.82, 2.24) is 10.2 Å². The Labute approximate surface area is 174 Å². The van der Waals surface area contributed by atoms with Gasteiger partial charge in [-0.3, -0.25) is 19.3 Å². The zero-order chi connectivity index (χ0) is 21.4. The number of hydrogen-bond acceptors (Lipinski definition) is 7. The van der Waals surface area contributed by atoms with Crippen LogP contribution in [0.4, 0.5) is 4.79 Å². The topological polar surface area (TPSA) is 94.2 Å². The molecule has 0 bridgehead atoms. The first-order chi connectivity index (χ1) is 13.9. The summed E-state index contributed by atoms with van der Waals surface area (Å²) in [4.78, 5) is 38.1. The predicted molar refractivity (Wildman–Crippen MR) is 111 cm³/mol. The highest BCUT2D eigenvalue weighted by Crippen LogP contribution is 2.36. The molecule has 0 saturated carbocycles. The lowest BCUT2D eigenvalue weighted by atomic mass is 10.1. The van der Waals surface area contributed by atoms with E-state index in [0.717, 1.165) is 27.8 Å². The van der Waals surface area contributed by atoms with Crippen LogP contribution in [0.3, 0.4) is 0 Å². The van der Waals surface area contributed by atoms with Crippen molar-refractivity contribution in [2.75, 3.05) is 40.5 Å². The van der Waals surface area contributed by atoms with Gasteiger partial charge in [-0.25, -0.2) is 0 Å². The summed E-state index contributed by atoms with van der Waals surface area (Å²) in [6.45, 7) is 4.85. The Balaban J connectivity index is 2.13. The molecule has 1 aromatic rings. The van der Waals surface area contributed by atoms with Crippen molar-refractivity contribution in [3.63, 3.8) is 0 Å². The first kappa shape index (κ1) is 22.8. The molecule has 9 heteroatoms. The normalized spacial score (nSPS) is 15.2. The van der Waals surface area contributed by atoms with E-state index in [0.29, 0.717) is 37.7 Å². The summed E-state index contributed by atoms with van der Waals surface area (Å²) in [6.07, 6.45) is 2.29. The molecule has 0 atom stereocenters. The average Bonchev–Trinajstić information content (AvgIpc) is 2.95. The van der Waals surface area contributed by atoms with Crippen LogP contribution in [0.5, 0.6) is 11.5 Å². The molecule has 1 aliphatic rings. The molecule has 1 heterocycles. The van der Waals surface area contributed by atoms with Gasteiger partial charge in [0.2, 0.25) is 5.91 Å². The molecule has 1 saturated heterocycles. The van der Waals surface area contributed by atoms with Gasteiger partial charge in [-0.2, -0.15) is 0 Å². The van der Waals surface area contributed by atoms with Crippen molar-refractivity contribution >= 4 is 34.9 Å². The second kappa shape index (κ2) is 10.9. The Morgan fingerprint density at radius 1 is 1.24 bits per heavy atom. The smallest absolute Gasteiger partial charge is 0.294 e. The zero-order valence-corrected chi connectivity index (χ0v) is 17.9. The van der Waals surface area contributed by atoms with Crippen molar-refractivity contribution in [3.05, 3.63) is 28.2 Å². The second-order valence-corrected chi connectivity index (χ2v) is 7.25. The van der Waals surface area contributed by atoms with E-state index in [1.807, 2.05) is 19.9 Å². The number of thioether (sulfide) groups is 1. The van der Waals surface area contributed by atoms with Gasteiger partial charge in [0.05, 0.1) is 18.6 Å². The number of carbonyl (C=O) groups is 3. The van der Waals surface area contributed by atoms with Crippen LogP contribution in [0.1, 0.15) is 24.5 Å². The summed E-state index contributed by atoms with van der Waals surface area (Å²) < 4.78 is 15.8.